The lowest BCUT2D eigenvalue weighted by molar-refractivity contribution is -0.388. The summed E-state index contributed by atoms with van der Waals surface area (Å²) in [7, 11) is 1.55. The number of hydrogen-bond acceptors (Lipinski definition) is 18. The van der Waals surface area contributed by atoms with Crippen molar-refractivity contribution >= 4 is 17.9 Å². The highest BCUT2D eigenvalue weighted by molar-refractivity contribution is 5.68. The number of hydrogen-bond donors (Lipinski definition) is 1. The Kier molecular flexibility index (Phi) is 16.3. The number of aliphatic hydroxyl groups is 1. The van der Waals surface area contributed by atoms with Gasteiger partial charge in [0.2, 0.25) is 6.29 Å². The van der Waals surface area contributed by atoms with Crippen LogP contribution in [-0.4, -0.2) is 135 Å². The summed E-state index contributed by atoms with van der Waals surface area (Å²) >= 11 is 0. The van der Waals surface area contributed by atoms with E-state index in [9.17, 15) is 19.5 Å². The largest absolute Gasteiger partial charge is 0.497 e. The molecule has 18 nitrogen and oxygen atoms in total. The summed E-state index contributed by atoms with van der Waals surface area (Å²) in [5.74, 6) is -2.35. The molecule has 15 atom stereocenters. The van der Waals surface area contributed by atoms with E-state index in [1.54, 1.807) is 52.1 Å². The van der Waals surface area contributed by atoms with Gasteiger partial charge in [-0.15, -0.1) is 0 Å². The van der Waals surface area contributed by atoms with Gasteiger partial charge in [-0.3, -0.25) is 14.4 Å². The predicted octanol–water partition coefficient (Wildman–Crippen LogP) is 4.54. The van der Waals surface area contributed by atoms with E-state index in [0.29, 0.717) is 11.5 Å². The first-order chi connectivity index (χ1) is 31.6. The molecule has 66 heavy (non-hydrogen) atoms. The van der Waals surface area contributed by atoms with Crippen molar-refractivity contribution in [3.63, 3.8) is 0 Å². The quantitative estimate of drug-likeness (QED) is 0.146. The van der Waals surface area contributed by atoms with E-state index in [4.69, 9.17) is 66.3 Å². The third-order valence-corrected chi connectivity index (χ3v) is 11.4. The van der Waals surface area contributed by atoms with Crippen LogP contribution >= 0.6 is 0 Å². The molecule has 3 aromatic rings. The van der Waals surface area contributed by atoms with Gasteiger partial charge in [-0.05, 0) is 63.1 Å². The Hall–Kier alpha value is -4.73. The molecule has 0 aliphatic carbocycles. The smallest absolute Gasteiger partial charge is 0.303 e. The van der Waals surface area contributed by atoms with Gasteiger partial charge >= 0.3 is 17.9 Å². The summed E-state index contributed by atoms with van der Waals surface area (Å²) < 4.78 is 88.8. The number of aliphatic hydroxyl groups excluding tert-OH is 1. The number of rotatable bonds is 17. The van der Waals surface area contributed by atoms with Crippen molar-refractivity contribution in [3.8, 4) is 11.5 Å². The number of fused-ring (bicyclic) bond motifs is 1. The van der Waals surface area contributed by atoms with Crippen LogP contribution in [0.2, 0.25) is 0 Å². The third kappa shape index (κ3) is 12.0. The maximum Gasteiger partial charge on any atom is 0.303 e. The van der Waals surface area contributed by atoms with E-state index < -0.39 is 122 Å². The fourth-order valence-electron chi connectivity index (χ4n) is 8.58. The zero-order valence-corrected chi connectivity index (χ0v) is 38.3. The topological polar surface area (TPSA) is 201 Å². The van der Waals surface area contributed by atoms with Crippen molar-refractivity contribution in [1.82, 2.24) is 0 Å². The lowest BCUT2D eigenvalue weighted by Crippen LogP contribution is -2.67. The van der Waals surface area contributed by atoms with Gasteiger partial charge in [0.1, 0.15) is 48.1 Å². The van der Waals surface area contributed by atoms with E-state index >= 15 is 0 Å². The number of carbonyl (C=O) groups is 3. The highest BCUT2D eigenvalue weighted by Gasteiger charge is 2.60. The molecule has 0 bridgehead atoms. The summed E-state index contributed by atoms with van der Waals surface area (Å²) in [6.45, 7) is 10.3. The molecule has 4 aliphatic rings. The van der Waals surface area contributed by atoms with Gasteiger partial charge in [0.15, 0.2) is 42.8 Å². The second-order valence-corrected chi connectivity index (χ2v) is 16.9. The number of esters is 3. The Bertz CT molecular complexity index is 2040. The molecular weight excluding hydrogens is 865 g/mol. The Morgan fingerprint density at radius 1 is 0.561 bits per heavy atom. The molecule has 7 rings (SSSR count). The van der Waals surface area contributed by atoms with Crippen LogP contribution in [0, 0.1) is 0 Å². The lowest BCUT2D eigenvalue weighted by atomic mass is 9.96. The van der Waals surface area contributed by atoms with Crippen LogP contribution in [0.25, 0.3) is 0 Å². The highest BCUT2D eigenvalue weighted by Crippen LogP contribution is 2.42. The van der Waals surface area contributed by atoms with Crippen LogP contribution < -0.4 is 9.47 Å². The Morgan fingerprint density at radius 2 is 1.05 bits per heavy atom. The predicted molar refractivity (Wildman–Crippen MR) is 228 cm³/mol. The van der Waals surface area contributed by atoms with Gasteiger partial charge in [-0.1, -0.05) is 60.7 Å². The molecule has 0 saturated carbocycles. The first kappa shape index (κ1) is 49.2. The molecule has 0 unspecified atom stereocenters. The van der Waals surface area contributed by atoms with Gasteiger partial charge in [-0.25, -0.2) is 0 Å². The number of methoxy groups -OCH3 is 1. The van der Waals surface area contributed by atoms with Crippen molar-refractivity contribution in [3.05, 3.63) is 96.1 Å². The normalized spacial score (nSPS) is 33.8. The maximum atomic E-state index is 12.8. The summed E-state index contributed by atoms with van der Waals surface area (Å²) in [6.07, 6.45) is -16.8. The van der Waals surface area contributed by atoms with E-state index in [1.165, 1.54) is 20.8 Å². The molecule has 0 aromatic heterocycles. The molecule has 3 aromatic carbocycles. The third-order valence-electron chi connectivity index (χ3n) is 11.4. The standard InChI is InChI=1S/C48H60O18/c1-26-36(54-24-31-15-11-9-12-16-31)39(55-25-32-17-13-10-14-18-32)42(63-46-43(60-30(5)52)40(59-29(4)51)37(27(2)57-46)58-28(3)50)45(56-26)64-44-41-38(65-48(6,7)66-41)35(23-49)62-47(44)61-34-21-19-33(53-8)20-22-34/h9-22,26-27,35-47,49H,23-25H2,1-8H3/t26-,27-,35+,36-,37-,38-,39+,40+,41-,42+,43+,44+,45-,46-,47+/m0/s1. The van der Waals surface area contributed by atoms with E-state index in [0.717, 1.165) is 11.1 Å². The highest BCUT2D eigenvalue weighted by atomic mass is 16.8. The number of benzene rings is 3. The molecule has 0 spiro atoms. The van der Waals surface area contributed by atoms with Crippen LogP contribution in [-0.2, 0) is 84.4 Å². The van der Waals surface area contributed by atoms with Gasteiger partial charge in [0.25, 0.3) is 0 Å². The molecular formula is C48H60O18. The van der Waals surface area contributed by atoms with Crippen molar-refractivity contribution in [1.29, 1.82) is 0 Å². The van der Waals surface area contributed by atoms with Crippen LogP contribution in [0.4, 0.5) is 0 Å². The SMILES string of the molecule is COc1ccc(O[C@@H]2O[C@H](CO)[C@@H]3OC(C)(C)O[C@@H]3[C@H]2O[C@@H]2O[C@@H](C)[C@H](OCc3ccccc3)[C@@H](OCc3ccccc3)[C@H]2O[C@@H]2O[C@@H](C)[C@H](OC(C)=O)[C@@H](OC(C)=O)[C@H]2OC(C)=O)cc1. The molecule has 0 amide bonds. The average molecular weight is 925 g/mol. The van der Waals surface area contributed by atoms with E-state index in [1.807, 2.05) is 67.6 Å². The summed E-state index contributed by atoms with van der Waals surface area (Å²) in [4.78, 5) is 37.8. The molecule has 360 valence electrons. The number of ether oxygens (including phenoxy) is 14. The minimum atomic E-state index is -1.52. The monoisotopic (exact) mass is 924 g/mol. The Morgan fingerprint density at radius 3 is 1.61 bits per heavy atom. The number of carbonyl (C=O) groups excluding carboxylic acids is 3. The van der Waals surface area contributed by atoms with E-state index in [-0.39, 0.29) is 13.2 Å². The fourth-order valence-corrected chi connectivity index (χ4v) is 8.58. The molecule has 0 radical (unpaired) electrons. The Labute approximate surface area is 383 Å². The van der Waals surface area contributed by atoms with Gasteiger partial charge < -0.3 is 71.4 Å². The second kappa shape index (κ2) is 21.9. The zero-order chi connectivity index (χ0) is 47.1. The van der Waals surface area contributed by atoms with Gasteiger partial charge in [-0.2, -0.15) is 0 Å². The maximum absolute atomic E-state index is 12.8. The molecule has 4 aliphatic heterocycles. The molecule has 1 N–H and O–H groups in total. The first-order valence-electron chi connectivity index (χ1n) is 22.0. The second-order valence-electron chi connectivity index (χ2n) is 16.9. The van der Waals surface area contributed by atoms with Crippen molar-refractivity contribution in [2.24, 2.45) is 0 Å². The van der Waals surface area contributed by atoms with Crippen molar-refractivity contribution in [2.75, 3.05) is 13.7 Å². The molecule has 4 heterocycles. The van der Waals surface area contributed by atoms with Crippen molar-refractivity contribution < 1.29 is 85.8 Å². The van der Waals surface area contributed by atoms with Crippen LogP contribution in [0.3, 0.4) is 0 Å². The summed E-state index contributed by atoms with van der Waals surface area (Å²) in [5.41, 5.74) is 1.71. The molecule has 4 fully saturated rings. The van der Waals surface area contributed by atoms with Crippen LogP contribution in [0.1, 0.15) is 59.6 Å². The molecule has 4 saturated heterocycles. The average Bonchev–Trinajstić information content (AvgIpc) is 3.62. The minimum Gasteiger partial charge on any atom is -0.497 e. The lowest BCUT2D eigenvalue weighted by Gasteiger charge is -2.50. The van der Waals surface area contributed by atoms with Gasteiger partial charge in [0, 0.05) is 20.8 Å². The fraction of sp³-hybridized carbons (Fsp3) is 0.562. The minimum absolute atomic E-state index is 0.0830. The molecule has 18 heteroatoms. The van der Waals surface area contributed by atoms with E-state index in [2.05, 4.69) is 0 Å². The summed E-state index contributed by atoms with van der Waals surface area (Å²) in [5, 5.41) is 10.6. The van der Waals surface area contributed by atoms with Crippen LogP contribution in [0.15, 0.2) is 84.9 Å². The van der Waals surface area contributed by atoms with Gasteiger partial charge in [0.05, 0.1) is 39.1 Å². The van der Waals surface area contributed by atoms with Crippen molar-refractivity contribution in [2.45, 2.75) is 160 Å². The summed E-state index contributed by atoms with van der Waals surface area (Å²) in [6, 6.07) is 25.9. The van der Waals surface area contributed by atoms with Crippen LogP contribution in [0.5, 0.6) is 11.5 Å². The first-order valence-corrected chi connectivity index (χ1v) is 22.0. The Balaban J connectivity index is 1.31. The zero-order valence-electron chi connectivity index (χ0n) is 38.3.